The number of rotatable bonds is 6. The van der Waals surface area contributed by atoms with Gasteiger partial charge in [-0.2, -0.15) is 0 Å². The van der Waals surface area contributed by atoms with E-state index in [-0.39, 0.29) is 18.4 Å². The summed E-state index contributed by atoms with van der Waals surface area (Å²) in [5.74, 6) is 0.956. The third-order valence-corrected chi connectivity index (χ3v) is 3.50. The lowest BCUT2D eigenvalue weighted by atomic mass is 10.0. The highest BCUT2D eigenvalue weighted by Crippen LogP contribution is 2.33. The zero-order valence-electron chi connectivity index (χ0n) is 11.3. The number of ether oxygens (including phenoxy) is 1. The maximum Gasteiger partial charge on any atom is 0.231 e. The van der Waals surface area contributed by atoms with Crippen molar-refractivity contribution in [2.75, 3.05) is 19.8 Å². The van der Waals surface area contributed by atoms with E-state index < -0.39 is 0 Å². The average Bonchev–Trinajstić information content (AvgIpc) is 2.87. The van der Waals surface area contributed by atoms with Gasteiger partial charge in [0.05, 0.1) is 0 Å². The average molecular weight is 263 g/mol. The monoisotopic (exact) mass is 263 g/mol. The number of nitrogens with one attached hydrogen (secondary N) is 1. The highest BCUT2D eigenvalue weighted by Gasteiger charge is 2.29. The van der Waals surface area contributed by atoms with Gasteiger partial charge in [0.1, 0.15) is 18.3 Å². The van der Waals surface area contributed by atoms with Crippen LogP contribution in [0.15, 0.2) is 24.3 Å². The molecule has 0 saturated heterocycles. The van der Waals surface area contributed by atoms with Gasteiger partial charge in [-0.3, -0.25) is 4.79 Å². The second kappa shape index (κ2) is 6.57. The fourth-order valence-corrected chi connectivity index (χ4v) is 2.26. The molecule has 2 unspecified atom stereocenters. The molecule has 1 aliphatic rings. The minimum atomic E-state index is -0.188. The maximum absolute atomic E-state index is 12.1. The van der Waals surface area contributed by atoms with Crippen LogP contribution in [0.4, 0.5) is 0 Å². The second-order valence-electron chi connectivity index (χ2n) is 5.12. The van der Waals surface area contributed by atoms with E-state index >= 15 is 0 Å². The van der Waals surface area contributed by atoms with Gasteiger partial charge in [-0.1, -0.05) is 25.1 Å². The predicted octanol–water partition coefficient (Wildman–Crippen LogP) is 1.69. The van der Waals surface area contributed by atoms with E-state index in [1.807, 2.05) is 31.2 Å². The van der Waals surface area contributed by atoms with Crippen LogP contribution in [0.25, 0.3) is 0 Å². The molecule has 1 heterocycles. The zero-order chi connectivity index (χ0) is 13.7. The van der Waals surface area contributed by atoms with Crippen molar-refractivity contribution < 1.29 is 14.6 Å². The summed E-state index contributed by atoms with van der Waals surface area (Å²) in [4.78, 5) is 12.1. The first-order chi connectivity index (χ1) is 9.22. The van der Waals surface area contributed by atoms with Gasteiger partial charge < -0.3 is 15.2 Å². The zero-order valence-corrected chi connectivity index (χ0v) is 11.3. The number of hydrogen-bond donors (Lipinski definition) is 2. The Morgan fingerprint density at radius 3 is 3.11 bits per heavy atom. The van der Waals surface area contributed by atoms with Crippen molar-refractivity contribution in [3.63, 3.8) is 0 Å². The van der Waals surface area contributed by atoms with Gasteiger partial charge in [0.25, 0.3) is 0 Å². The van der Waals surface area contributed by atoms with E-state index in [0.717, 1.165) is 24.2 Å². The second-order valence-corrected chi connectivity index (χ2v) is 5.12. The summed E-state index contributed by atoms with van der Waals surface area (Å²) in [6.45, 7) is 3.29. The number of amides is 1. The summed E-state index contributed by atoms with van der Waals surface area (Å²) >= 11 is 0. The van der Waals surface area contributed by atoms with Gasteiger partial charge in [0, 0.05) is 18.7 Å². The molecule has 0 bridgehead atoms. The molecule has 0 spiro atoms. The van der Waals surface area contributed by atoms with Crippen molar-refractivity contribution in [1.29, 1.82) is 0 Å². The van der Waals surface area contributed by atoms with Gasteiger partial charge in [-0.15, -0.1) is 0 Å². The third kappa shape index (κ3) is 3.47. The van der Waals surface area contributed by atoms with Crippen LogP contribution >= 0.6 is 0 Å². The Balaban J connectivity index is 1.79. The highest BCUT2D eigenvalue weighted by atomic mass is 16.5. The molecule has 2 atom stereocenters. The molecule has 19 heavy (non-hydrogen) atoms. The topological polar surface area (TPSA) is 58.6 Å². The highest BCUT2D eigenvalue weighted by molar-refractivity contribution is 5.85. The molecular weight excluding hydrogens is 242 g/mol. The number of carbonyl (C=O) groups excluding carboxylic acids is 1. The Morgan fingerprint density at radius 1 is 1.53 bits per heavy atom. The lowest BCUT2D eigenvalue weighted by Crippen LogP contribution is -2.31. The molecule has 1 aromatic carbocycles. The molecule has 1 aliphatic heterocycles. The minimum Gasteiger partial charge on any atom is -0.492 e. The lowest BCUT2D eigenvalue weighted by molar-refractivity contribution is -0.122. The summed E-state index contributed by atoms with van der Waals surface area (Å²) in [6, 6.07) is 7.68. The van der Waals surface area contributed by atoms with E-state index in [0.29, 0.717) is 19.1 Å². The first-order valence-electron chi connectivity index (χ1n) is 6.82. The minimum absolute atomic E-state index is 0.0293. The molecule has 0 aliphatic carbocycles. The standard InChI is InChI=1S/C15H21NO3/c1-11(9-17)5-4-8-16-15(18)13-10-19-14-7-3-2-6-12(13)14/h2-3,6-7,11,13,17H,4-5,8-10H2,1H3,(H,16,18). The molecule has 1 amide bonds. The number of hydrogen-bond acceptors (Lipinski definition) is 3. The van der Waals surface area contributed by atoms with Crippen molar-refractivity contribution >= 4 is 5.91 Å². The van der Waals surface area contributed by atoms with Crippen molar-refractivity contribution in [2.45, 2.75) is 25.7 Å². The lowest BCUT2D eigenvalue weighted by Gasteiger charge is -2.11. The summed E-state index contributed by atoms with van der Waals surface area (Å²) in [5.41, 5.74) is 0.976. The quantitative estimate of drug-likeness (QED) is 0.768. The van der Waals surface area contributed by atoms with E-state index in [4.69, 9.17) is 9.84 Å². The molecule has 0 fully saturated rings. The smallest absolute Gasteiger partial charge is 0.231 e. The molecule has 1 aromatic rings. The van der Waals surface area contributed by atoms with Crippen LogP contribution in [0.3, 0.4) is 0 Å². The normalized spacial score (nSPS) is 18.5. The van der Waals surface area contributed by atoms with Crippen LogP contribution in [-0.4, -0.2) is 30.8 Å². The van der Waals surface area contributed by atoms with Crippen molar-refractivity contribution in [2.24, 2.45) is 5.92 Å². The predicted molar refractivity (Wildman–Crippen MR) is 73.2 cm³/mol. The fraction of sp³-hybridized carbons (Fsp3) is 0.533. The largest absolute Gasteiger partial charge is 0.492 e. The summed E-state index contributed by atoms with van der Waals surface area (Å²) in [5, 5.41) is 11.9. The number of carbonyl (C=O) groups is 1. The Bertz CT molecular complexity index is 433. The molecule has 0 radical (unpaired) electrons. The van der Waals surface area contributed by atoms with Crippen LogP contribution < -0.4 is 10.1 Å². The number of fused-ring (bicyclic) bond motifs is 1. The summed E-state index contributed by atoms with van der Waals surface area (Å²) < 4.78 is 5.50. The molecule has 104 valence electrons. The van der Waals surface area contributed by atoms with Crippen molar-refractivity contribution in [3.8, 4) is 5.75 Å². The number of benzene rings is 1. The maximum atomic E-state index is 12.1. The van der Waals surface area contributed by atoms with Crippen LogP contribution in [0.5, 0.6) is 5.75 Å². The number of aliphatic hydroxyl groups excluding tert-OH is 1. The van der Waals surface area contributed by atoms with Crippen LogP contribution in [0.2, 0.25) is 0 Å². The molecule has 2 N–H and O–H groups in total. The van der Waals surface area contributed by atoms with Crippen LogP contribution in [0, 0.1) is 5.92 Å². The number of aliphatic hydroxyl groups is 1. The Kier molecular flexibility index (Phi) is 4.80. The molecule has 0 saturated carbocycles. The number of para-hydroxylation sites is 1. The Morgan fingerprint density at radius 2 is 2.32 bits per heavy atom. The molecule has 0 aromatic heterocycles. The van der Waals surface area contributed by atoms with Gasteiger partial charge in [0.15, 0.2) is 0 Å². The first kappa shape index (κ1) is 13.9. The SMILES string of the molecule is CC(CO)CCCNC(=O)C1COc2ccccc21. The fourth-order valence-electron chi connectivity index (χ4n) is 2.26. The van der Waals surface area contributed by atoms with Crippen LogP contribution in [0.1, 0.15) is 31.2 Å². The summed E-state index contributed by atoms with van der Waals surface area (Å²) in [6.07, 6.45) is 1.82. The van der Waals surface area contributed by atoms with Crippen LogP contribution in [-0.2, 0) is 4.79 Å². The molecule has 4 heteroatoms. The molecule has 2 rings (SSSR count). The van der Waals surface area contributed by atoms with E-state index in [9.17, 15) is 4.79 Å². The molecule has 4 nitrogen and oxygen atoms in total. The molecular formula is C15H21NO3. The van der Waals surface area contributed by atoms with E-state index in [2.05, 4.69) is 5.32 Å². The van der Waals surface area contributed by atoms with Gasteiger partial charge in [0.2, 0.25) is 5.91 Å². The van der Waals surface area contributed by atoms with Gasteiger partial charge >= 0.3 is 0 Å². The Hall–Kier alpha value is -1.55. The van der Waals surface area contributed by atoms with Gasteiger partial charge in [-0.25, -0.2) is 0 Å². The Labute approximate surface area is 113 Å². The van der Waals surface area contributed by atoms with Gasteiger partial charge in [-0.05, 0) is 24.8 Å². The summed E-state index contributed by atoms with van der Waals surface area (Å²) in [7, 11) is 0. The van der Waals surface area contributed by atoms with E-state index in [1.54, 1.807) is 0 Å². The first-order valence-corrected chi connectivity index (χ1v) is 6.82. The third-order valence-electron chi connectivity index (χ3n) is 3.50. The van der Waals surface area contributed by atoms with Crippen molar-refractivity contribution in [1.82, 2.24) is 5.32 Å². The van der Waals surface area contributed by atoms with E-state index in [1.165, 1.54) is 0 Å². The van der Waals surface area contributed by atoms with Crippen molar-refractivity contribution in [3.05, 3.63) is 29.8 Å².